The number of hydrogen-bond acceptors (Lipinski definition) is 1. The summed E-state index contributed by atoms with van der Waals surface area (Å²) in [6, 6.07) is 0. The van der Waals surface area contributed by atoms with Crippen molar-refractivity contribution in [1.29, 1.82) is 0 Å². The quantitative estimate of drug-likeness (QED) is 0.586. The molecule has 0 heterocycles. The van der Waals surface area contributed by atoms with Gasteiger partial charge in [-0.15, -0.1) is 0 Å². The summed E-state index contributed by atoms with van der Waals surface area (Å²) in [5, 5.41) is 0. The summed E-state index contributed by atoms with van der Waals surface area (Å²) in [5.41, 5.74) is 3.42. The SMILES string of the molecule is CCSC1(CC2=[C]([Ti+2])CC=C2)CC=CC=C1C(C)(C)C.[Cl-].[Cl-]. The van der Waals surface area contributed by atoms with E-state index in [0.29, 0.717) is 0 Å². The Morgan fingerprint density at radius 2 is 1.91 bits per heavy atom. The molecule has 4 heteroatoms. The van der Waals surface area contributed by atoms with Crippen LogP contribution in [0, 0.1) is 5.41 Å². The van der Waals surface area contributed by atoms with Gasteiger partial charge in [0.15, 0.2) is 0 Å². The average Bonchev–Trinajstić information content (AvgIpc) is 2.74. The third kappa shape index (κ3) is 5.05. The van der Waals surface area contributed by atoms with E-state index in [0.717, 1.165) is 6.42 Å². The molecule has 0 fully saturated rings. The Balaban J connectivity index is 0.00000220. The minimum Gasteiger partial charge on any atom is -1.00 e. The Labute approximate surface area is 164 Å². The van der Waals surface area contributed by atoms with Gasteiger partial charge in [-0.1, -0.05) is 0 Å². The van der Waals surface area contributed by atoms with Crippen molar-refractivity contribution < 1.29 is 45.2 Å². The van der Waals surface area contributed by atoms with Gasteiger partial charge in [0, 0.05) is 0 Å². The second kappa shape index (κ2) is 9.18. The van der Waals surface area contributed by atoms with E-state index < -0.39 is 0 Å². The fourth-order valence-corrected chi connectivity index (χ4v) is 5.28. The van der Waals surface area contributed by atoms with Crippen LogP contribution in [0.5, 0.6) is 0 Å². The Hall–Kier alpha value is 0.604. The Morgan fingerprint density at radius 3 is 2.41 bits per heavy atom. The van der Waals surface area contributed by atoms with Crippen molar-refractivity contribution in [3.63, 3.8) is 0 Å². The summed E-state index contributed by atoms with van der Waals surface area (Å²) in [7, 11) is 0. The van der Waals surface area contributed by atoms with E-state index in [4.69, 9.17) is 0 Å². The Bertz CT molecular complexity index is 498. The third-order valence-corrected chi connectivity index (χ3v) is 6.26. The predicted molar refractivity (Wildman–Crippen MR) is 87.6 cm³/mol. The smallest absolute Gasteiger partial charge is 1.00 e. The van der Waals surface area contributed by atoms with Crippen LogP contribution in [0.4, 0.5) is 0 Å². The first-order chi connectivity index (χ1) is 9.39. The fraction of sp³-hybridized carbons (Fsp3) is 0.556. The van der Waals surface area contributed by atoms with Crippen LogP contribution in [0.15, 0.2) is 45.4 Å². The minimum atomic E-state index is 0. The molecule has 2 aliphatic rings. The average molecular weight is 392 g/mol. The van der Waals surface area contributed by atoms with Gasteiger partial charge >= 0.3 is 140 Å². The number of thioether (sulfide) groups is 1. The van der Waals surface area contributed by atoms with Gasteiger partial charge in [0.25, 0.3) is 0 Å². The molecule has 0 aromatic rings. The topological polar surface area (TPSA) is 0 Å². The van der Waals surface area contributed by atoms with Crippen LogP contribution in [-0.4, -0.2) is 10.5 Å². The first kappa shape index (κ1) is 22.6. The molecule has 0 spiro atoms. The van der Waals surface area contributed by atoms with E-state index >= 15 is 0 Å². The van der Waals surface area contributed by atoms with Crippen LogP contribution < -0.4 is 24.8 Å². The molecule has 0 amide bonds. The molecule has 121 valence electrons. The molecule has 2 aliphatic carbocycles. The molecule has 0 aromatic carbocycles. The van der Waals surface area contributed by atoms with Crippen LogP contribution in [0.2, 0.25) is 0 Å². The van der Waals surface area contributed by atoms with Crippen LogP contribution >= 0.6 is 11.8 Å². The van der Waals surface area contributed by atoms with Gasteiger partial charge in [-0.3, -0.25) is 0 Å². The van der Waals surface area contributed by atoms with Crippen LogP contribution in [0.1, 0.15) is 47.0 Å². The van der Waals surface area contributed by atoms with Crippen molar-refractivity contribution in [1.82, 2.24) is 0 Å². The molecule has 0 N–H and O–H groups in total. The van der Waals surface area contributed by atoms with Crippen molar-refractivity contribution >= 4 is 11.8 Å². The van der Waals surface area contributed by atoms with Crippen LogP contribution in [0.3, 0.4) is 0 Å². The summed E-state index contributed by atoms with van der Waals surface area (Å²) in [4.78, 5) is 0. The molecule has 0 saturated carbocycles. The minimum absolute atomic E-state index is 0. The molecule has 2 rings (SSSR count). The Morgan fingerprint density at radius 1 is 1.23 bits per heavy atom. The molecule has 1 atom stereocenters. The molecular formula is C18H25Cl2STi. The summed E-state index contributed by atoms with van der Waals surface area (Å²) in [6.45, 7) is 9.36. The number of allylic oxidation sites excluding steroid dienone is 7. The first-order valence-electron chi connectivity index (χ1n) is 7.51. The van der Waals surface area contributed by atoms with Crippen molar-refractivity contribution in [2.75, 3.05) is 5.75 Å². The number of halogens is 2. The van der Waals surface area contributed by atoms with E-state index in [-0.39, 0.29) is 35.0 Å². The van der Waals surface area contributed by atoms with Crippen molar-refractivity contribution in [2.24, 2.45) is 5.41 Å². The monoisotopic (exact) mass is 391 g/mol. The van der Waals surface area contributed by atoms with Crippen LogP contribution in [0.25, 0.3) is 0 Å². The van der Waals surface area contributed by atoms with Gasteiger partial charge in [0.2, 0.25) is 0 Å². The van der Waals surface area contributed by atoms with Gasteiger partial charge in [-0.05, 0) is 0 Å². The van der Waals surface area contributed by atoms with Crippen molar-refractivity contribution in [3.05, 3.63) is 45.4 Å². The summed E-state index contributed by atoms with van der Waals surface area (Å²) < 4.78 is 1.82. The van der Waals surface area contributed by atoms with E-state index in [1.807, 2.05) is 0 Å². The van der Waals surface area contributed by atoms with Crippen molar-refractivity contribution in [3.8, 4) is 0 Å². The second-order valence-corrected chi connectivity index (χ2v) is 9.27. The molecular weight excluding hydrogens is 367 g/mol. The largest absolute Gasteiger partial charge is 1.00 e. The maximum atomic E-state index is 2.38. The second-order valence-electron chi connectivity index (χ2n) is 6.68. The van der Waals surface area contributed by atoms with Gasteiger partial charge in [-0.25, -0.2) is 0 Å². The third-order valence-electron chi connectivity index (χ3n) is 4.07. The summed E-state index contributed by atoms with van der Waals surface area (Å²) >= 11 is 4.43. The molecule has 0 aromatic heterocycles. The zero-order valence-corrected chi connectivity index (χ0v) is 17.8. The molecule has 0 nitrogen and oxygen atoms in total. The van der Waals surface area contributed by atoms with Gasteiger partial charge in [0.1, 0.15) is 0 Å². The van der Waals surface area contributed by atoms with E-state index in [2.05, 4.69) is 90.3 Å². The van der Waals surface area contributed by atoms with E-state index in [9.17, 15) is 0 Å². The van der Waals surface area contributed by atoms with Gasteiger partial charge in [-0.2, -0.15) is 0 Å². The van der Waals surface area contributed by atoms with Gasteiger partial charge < -0.3 is 24.8 Å². The molecule has 0 radical (unpaired) electrons. The maximum absolute atomic E-state index is 2.38. The molecule has 0 aliphatic heterocycles. The van der Waals surface area contributed by atoms with Crippen molar-refractivity contribution in [2.45, 2.75) is 51.7 Å². The number of rotatable bonds is 4. The molecule has 0 bridgehead atoms. The summed E-state index contributed by atoms with van der Waals surface area (Å²) in [5.74, 6) is 1.18. The molecule has 0 saturated heterocycles. The standard InChI is InChI=1S/C18H25S.2ClH.Ti/c1-5-19-18(14-15-10-6-7-11-15)13-9-8-12-16(18)17(2,3)4;;;/h6,8-10,12H,5,7,13-14H2,1-4H3;2*1H;/q;;;+2/p-2. The molecule has 22 heavy (non-hydrogen) atoms. The number of hydrogen-bond donors (Lipinski definition) is 0. The maximum Gasteiger partial charge on any atom is -1.00 e. The fourth-order valence-electron chi connectivity index (χ4n) is 3.27. The normalized spacial score (nSPS) is 24.0. The van der Waals surface area contributed by atoms with Crippen LogP contribution in [-0.2, 0) is 20.4 Å². The predicted octanol–water partition coefficient (Wildman–Crippen LogP) is -0.430. The zero-order valence-electron chi connectivity index (χ0n) is 13.9. The van der Waals surface area contributed by atoms with Gasteiger partial charge in [0.05, 0.1) is 0 Å². The Kier molecular flexibility index (Phi) is 9.43. The zero-order chi connectivity index (χ0) is 14.8. The summed E-state index contributed by atoms with van der Waals surface area (Å²) in [6.07, 6.45) is 15.1. The van der Waals surface area contributed by atoms with E-state index in [1.54, 1.807) is 15.0 Å². The molecule has 1 unspecified atom stereocenters. The first-order valence-corrected chi connectivity index (χ1v) is 9.27. The van der Waals surface area contributed by atoms with E-state index in [1.165, 1.54) is 18.6 Å².